The van der Waals surface area contributed by atoms with Crippen molar-refractivity contribution in [2.75, 3.05) is 18.4 Å². The normalized spacial score (nSPS) is 16.3. The van der Waals surface area contributed by atoms with E-state index in [-0.39, 0.29) is 40.0 Å². The lowest BCUT2D eigenvalue weighted by Gasteiger charge is -2.30. The smallest absolute Gasteiger partial charge is 0.262 e. The van der Waals surface area contributed by atoms with E-state index in [0.29, 0.717) is 29.4 Å². The lowest BCUT2D eigenvalue weighted by atomic mass is 9.97. The zero-order valence-electron chi connectivity index (χ0n) is 15.2. The van der Waals surface area contributed by atoms with Gasteiger partial charge in [0, 0.05) is 32.3 Å². The van der Waals surface area contributed by atoms with Gasteiger partial charge in [-0.15, -0.1) is 0 Å². The predicted octanol–water partition coefficient (Wildman–Crippen LogP) is 3.73. The van der Waals surface area contributed by atoms with E-state index in [2.05, 4.69) is 10.3 Å². The Morgan fingerprint density at radius 3 is 2.32 bits per heavy atom. The van der Waals surface area contributed by atoms with E-state index in [0.717, 1.165) is 0 Å². The number of imidazole rings is 1. The third kappa shape index (κ3) is 4.31. The number of sulfonamides is 1. The van der Waals surface area contributed by atoms with Crippen molar-refractivity contribution < 1.29 is 13.2 Å². The van der Waals surface area contributed by atoms with Crippen LogP contribution in [0.2, 0.25) is 15.1 Å². The molecule has 1 amide bonds. The first-order chi connectivity index (χ1) is 13.1. The van der Waals surface area contributed by atoms with E-state index in [1.807, 2.05) is 0 Å². The summed E-state index contributed by atoms with van der Waals surface area (Å²) in [5, 5.41) is 3.64. The van der Waals surface area contributed by atoms with Crippen molar-refractivity contribution in [3.63, 3.8) is 0 Å². The standard InChI is InChI=1S/C17H19Cl3N4O3S/c1-10-21-16(9-23(10)2)28(26,27)24-5-3-11(4-6-24)17(25)22-15-8-13(19)12(18)7-14(15)20/h7-9,11H,3-6H2,1-2H3,(H,22,25). The van der Waals surface area contributed by atoms with Gasteiger partial charge in [0.1, 0.15) is 5.82 Å². The molecule has 1 aliphatic rings. The number of anilines is 1. The monoisotopic (exact) mass is 464 g/mol. The van der Waals surface area contributed by atoms with Crippen LogP contribution in [-0.2, 0) is 21.9 Å². The average Bonchev–Trinajstić information content (AvgIpc) is 2.99. The maximum Gasteiger partial charge on any atom is 0.262 e. The Kier molecular flexibility index (Phi) is 6.26. The summed E-state index contributed by atoms with van der Waals surface area (Å²) in [6.45, 7) is 2.22. The van der Waals surface area contributed by atoms with Gasteiger partial charge in [0.2, 0.25) is 5.91 Å². The Balaban J connectivity index is 1.65. The number of rotatable bonds is 4. The van der Waals surface area contributed by atoms with Crippen molar-refractivity contribution in [1.29, 1.82) is 0 Å². The van der Waals surface area contributed by atoms with Crippen molar-refractivity contribution in [3.8, 4) is 0 Å². The third-order valence-electron chi connectivity index (χ3n) is 4.78. The molecule has 2 aromatic rings. The second kappa shape index (κ2) is 8.20. The largest absolute Gasteiger partial charge is 0.337 e. The second-order valence-electron chi connectivity index (χ2n) is 6.65. The number of piperidine rings is 1. The first-order valence-electron chi connectivity index (χ1n) is 8.55. The van der Waals surface area contributed by atoms with E-state index >= 15 is 0 Å². The van der Waals surface area contributed by atoms with Crippen molar-refractivity contribution in [2.45, 2.75) is 24.8 Å². The molecule has 0 bridgehead atoms. The molecule has 7 nitrogen and oxygen atoms in total. The molecule has 0 radical (unpaired) electrons. The summed E-state index contributed by atoms with van der Waals surface area (Å²) < 4.78 is 28.5. The average molecular weight is 466 g/mol. The molecule has 1 saturated heterocycles. The number of carbonyl (C=O) groups excluding carboxylic acids is 1. The summed E-state index contributed by atoms with van der Waals surface area (Å²) in [6.07, 6.45) is 2.29. The summed E-state index contributed by atoms with van der Waals surface area (Å²) >= 11 is 18.0. The lowest BCUT2D eigenvalue weighted by Crippen LogP contribution is -2.41. The highest BCUT2D eigenvalue weighted by Gasteiger charge is 2.33. The molecular formula is C17H19Cl3N4O3S. The van der Waals surface area contributed by atoms with E-state index in [4.69, 9.17) is 34.8 Å². The maximum absolute atomic E-state index is 12.7. The van der Waals surface area contributed by atoms with E-state index in [9.17, 15) is 13.2 Å². The van der Waals surface area contributed by atoms with E-state index in [1.54, 1.807) is 18.5 Å². The molecule has 11 heteroatoms. The lowest BCUT2D eigenvalue weighted by molar-refractivity contribution is -0.120. The molecule has 1 aromatic carbocycles. The molecule has 1 fully saturated rings. The zero-order chi connectivity index (χ0) is 20.6. The number of nitrogens with one attached hydrogen (secondary N) is 1. The fourth-order valence-corrected chi connectivity index (χ4v) is 5.08. The first kappa shape index (κ1) is 21.4. The highest BCUT2D eigenvalue weighted by atomic mass is 35.5. The number of carbonyl (C=O) groups is 1. The number of hydrogen-bond donors (Lipinski definition) is 1. The molecule has 1 N–H and O–H groups in total. The van der Waals surface area contributed by atoms with Gasteiger partial charge in [0.15, 0.2) is 5.03 Å². The third-order valence-corrected chi connectivity index (χ3v) is 7.59. The van der Waals surface area contributed by atoms with Crippen LogP contribution >= 0.6 is 34.8 Å². The van der Waals surface area contributed by atoms with Gasteiger partial charge in [0.05, 0.1) is 20.8 Å². The highest BCUT2D eigenvalue weighted by molar-refractivity contribution is 7.89. The number of benzene rings is 1. The minimum atomic E-state index is -3.67. The van der Waals surface area contributed by atoms with E-state index < -0.39 is 10.0 Å². The zero-order valence-corrected chi connectivity index (χ0v) is 18.3. The molecule has 3 rings (SSSR count). The topological polar surface area (TPSA) is 84.3 Å². The van der Waals surface area contributed by atoms with Crippen LogP contribution in [0.1, 0.15) is 18.7 Å². The molecule has 0 aliphatic carbocycles. The molecule has 0 atom stereocenters. The van der Waals surface area contributed by atoms with Gasteiger partial charge in [-0.3, -0.25) is 4.79 Å². The van der Waals surface area contributed by atoms with Crippen molar-refractivity contribution in [3.05, 3.63) is 39.2 Å². The van der Waals surface area contributed by atoms with Crippen LogP contribution in [0, 0.1) is 12.8 Å². The van der Waals surface area contributed by atoms with Crippen LogP contribution < -0.4 is 5.32 Å². The molecule has 152 valence electrons. The number of halogens is 3. The molecule has 0 saturated carbocycles. The van der Waals surface area contributed by atoms with Crippen molar-refractivity contribution in [2.24, 2.45) is 13.0 Å². The van der Waals surface area contributed by atoms with Crippen LogP contribution in [0.5, 0.6) is 0 Å². The fourth-order valence-electron chi connectivity index (χ4n) is 2.99. The van der Waals surface area contributed by atoms with Gasteiger partial charge in [0.25, 0.3) is 10.0 Å². The van der Waals surface area contributed by atoms with Crippen LogP contribution in [-0.4, -0.2) is 41.3 Å². The molecule has 0 unspecified atom stereocenters. The van der Waals surface area contributed by atoms with Crippen molar-refractivity contribution in [1.82, 2.24) is 13.9 Å². The predicted molar refractivity (Wildman–Crippen MR) is 110 cm³/mol. The van der Waals surface area contributed by atoms with Crippen LogP contribution in [0.3, 0.4) is 0 Å². The Morgan fingerprint density at radius 2 is 1.75 bits per heavy atom. The van der Waals surface area contributed by atoms with Gasteiger partial charge >= 0.3 is 0 Å². The van der Waals surface area contributed by atoms with Crippen LogP contribution in [0.25, 0.3) is 0 Å². The first-order valence-corrected chi connectivity index (χ1v) is 11.1. The number of hydrogen-bond acceptors (Lipinski definition) is 4. The summed E-state index contributed by atoms with van der Waals surface area (Å²) in [5.41, 5.74) is 0.375. The quantitative estimate of drug-likeness (QED) is 0.697. The van der Waals surface area contributed by atoms with Gasteiger partial charge in [-0.25, -0.2) is 13.4 Å². The summed E-state index contributed by atoms with van der Waals surface area (Å²) in [4.78, 5) is 16.7. The van der Waals surface area contributed by atoms with Crippen LogP contribution in [0.15, 0.2) is 23.4 Å². The van der Waals surface area contributed by atoms with Crippen molar-refractivity contribution >= 4 is 56.4 Å². The Morgan fingerprint density at radius 1 is 1.14 bits per heavy atom. The molecule has 28 heavy (non-hydrogen) atoms. The summed E-state index contributed by atoms with van der Waals surface area (Å²) in [7, 11) is -1.93. The summed E-state index contributed by atoms with van der Waals surface area (Å²) in [5.74, 6) is 0.0554. The van der Waals surface area contributed by atoms with Gasteiger partial charge < -0.3 is 9.88 Å². The molecule has 2 heterocycles. The molecular weight excluding hydrogens is 447 g/mol. The number of nitrogens with zero attached hydrogens (tertiary/aromatic N) is 3. The van der Waals surface area contributed by atoms with Gasteiger partial charge in [-0.05, 0) is 31.9 Å². The number of aryl methyl sites for hydroxylation is 2. The minimum absolute atomic E-state index is 0.0259. The highest BCUT2D eigenvalue weighted by Crippen LogP contribution is 2.33. The Bertz CT molecular complexity index is 995. The molecule has 1 aliphatic heterocycles. The van der Waals surface area contributed by atoms with Gasteiger partial charge in [-0.1, -0.05) is 34.8 Å². The number of amides is 1. The number of aromatic nitrogens is 2. The SMILES string of the molecule is Cc1nc(S(=O)(=O)N2CCC(C(=O)Nc3cc(Cl)c(Cl)cc3Cl)CC2)cn1C. The maximum atomic E-state index is 12.7. The minimum Gasteiger partial charge on any atom is -0.337 e. The Hall–Kier alpha value is -1.32. The molecule has 1 aromatic heterocycles. The van der Waals surface area contributed by atoms with E-state index in [1.165, 1.54) is 22.6 Å². The Labute approximate surface area is 178 Å². The summed E-state index contributed by atoms with van der Waals surface area (Å²) in [6, 6.07) is 2.96. The van der Waals surface area contributed by atoms with Gasteiger partial charge in [-0.2, -0.15) is 4.31 Å². The van der Waals surface area contributed by atoms with Crippen LogP contribution in [0.4, 0.5) is 5.69 Å². The second-order valence-corrected chi connectivity index (χ2v) is 9.76. The molecule has 0 spiro atoms. The fraction of sp³-hybridized carbons (Fsp3) is 0.412.